The van der Waals surface area contributed by atoms with Crippen LogP contribution in [0.1, 0.15) is 32.8 Å². The average Bonchev–Trinajstić information content (AvgIpc) is 3.13. The summed E-state index contributed by atoms with van der Waals surface area (Å²) in [6, 6.07) is 7.30. The Hall–Kier alpha value is -2.60. The Morgan fingerprint density at radius 3 is 2.67 bits per heavy atom. The molecule has 3 rings (SSSR count). The second kappa shape index (κ2) is 6.88. The quantitative estimate of drug-likeness (QED) is 0.814. The third-order valence-corrected chi connectivity index (χ3v) is 5.12. The molecule has 0 radical (unpaired) electrons. The van der Waals surface area contributed by atoms with Crippen molar-refractivity contribution in [2.45, 2.75) is 19.3 Å². The van der Waals surface area contributed by atoms with Crippen LogP contribution in [0.2, 0.25) is 0 Å². The van der Waals surface area contributed by atoms with Crippen LogP contribution in [-0.2, 0) is 17.6 Å². The second-order valence-corrected chi connectivity index (χ2v) is 6.57. The smallest absolute Gasteiger partial charge is 0.339 e. The molecule has 24 heavy (non-hydrogen) atoms. The molecule has 0 unspecified atom stereocenters. The molecule has 1 aromatic carbocycles. The topological polar surface area (TPSA) is 75.6 Å². The SMILES string of the molecule is COc1ccc(/C=C/C(=O)Nc2sc3c(c2C(=O)O)CCC3)cc1. The lowest BCUT2D eigenvalue weighted by atomic mass is 10.1. The molecular formula is C18H17NO4S. The number of carboxylic acid groups (broad SMARTS) is 1. The van der Waals surface area contributed by atoms with Gasteiger partial charge in [0.2, 0.25) is 5.91 Å². The van der Waals surface area contributed by atoms with E-state index in [0.717, 1.165) is 41.0 Å². The van der Waals surface area contributed by atoms with Gasteiger partial charge >= 0.3 is 5.97 Å². The summed E-state index contributed by atoms with van der Waals surface area (Å²) in [5, 5.41) is 12.5. The standard InChI is InChI=1S/C18H17NO4S/c1-23-12-8-5-11(6-9-12)7-10-15(20)19-17-16(18(21)22)13-3-2-4-14(13)24-17/h5-10H,2-4H2,1H3,(H,19,20)(H,21,22)/b10-7+. The molecule has 1 aliphatic carbocycles. The van der Waals surface area contributed by atoms with Crippen LogP contribution in [0.4, 0.5) is 5.00 Å². The Bertz CT molecular complexity index is 805. The molecule has 1 heterocycles. The van der Waals surface area contributed by atoms with Crippen molar-refractivity contribution in [3.05, 3.63) is 51.9 Å². The number of carboxylic acids is 1. The van der Waals surface area contributed by atoms with Gasteiger partial charge in [0.15, 0.2) is 0 Å². The summed E-state index contributed by atoms with van der Waals surface area (Å²) in [7, 11) is 1.59. The van der Waals surface area contributed by atoms with Crippen LogP contribution in [-0.4, -0.2) is 24.1 Å². The van der Waals surface area contributed by atoms with Crippen molar-refractivity contribution >= 4 is 34.3 Å². The highest BCUT2D eigenvalue weighted by Gasteiger charge is 2.26. The van der Waals surface area contributed by atoms with Gasteiger partial charge in [-0.3, -0.25) is 4.79 Å². The normalized spacial score (nSPS) is 13.0. The van der Waals surface area contributed by atoms with Crippen LogP contribution in [0.15, 0.2) is 30.3 Å². The van der Waals surface area contributed by atoms with Gasteiger partial charge in [0, 0.05) is 11.0 Å². The molecule has 6 heteroatoms. The maximum atomic E-state index is 12.1. The van der Waals surface area contributed by atoms with Gasteiger partial charge in [0.05, 0.1) is 12.7 Å². The van der Waals surface area contributed by atoms with Crippen molar-refractivity contribution in [1.82, 2.24) is 0 Å². The molecule has 2 aromatic rings. The Morgan fingerprint density at radius 1 is 1.25 bits per heavy atom. The maximum Gasteiger partial charge on any atom is 0.339 e. The van der Waals surface area contributed by atoms with E-state index < -0.39 is 5.97 Å². The molecule has 0 saturated heterocycles. The van der Waals surface area contributed by atoms with Crippen LogP contribution in [0.5, 0.6) is 5.75 Å². The number of carbonyl (C=O) groups excluding carboxylic acids is 1. The molecular weight excluding hydrogens is 326 g/mol. The van der Waals surface area contributed by atoms with Crippen molar-refractivity contribution in [1.29, 1.82) is 0 Å². The number of thiophene rings is 1. The molecule has 0 aliphatic heterocycles. The highest BCUT2D eigenvalue weighted by Crippen LogP contribution is 2.39. The number of nitrogens with one attached hydrogen (secondary N) is 1. The number of fused-ring (bicyclic) bond motifs is 1. The molecule has 124 valence electrons. The number of benzene rings is 1. The van der Waals surface area contributed by atoms with Gasteiger partial charge in [-0.2, -0.15) is 0 Å². The van der Waals surface area contributed by atoms with Crippen molar-refractivity contribution in [3.8, 4) is 5.75 Å². The molecule has 0 saturated carbocycles. The molecule has 0 spiro atoms. The summed E-state index contributed by atoms with van der Waals surface area (Å²) in [6.45, 7) is 0. The average molecular weight is 343 g/mol. The van der Waals surface area contributed by atoms with E-state index in [1.165, 1.54) is 17.4 Å². The minimum absolute atomic E-state index is 0.249. The molecule has 2 N–H and O–H groups in total. The molecule has 5 nitrogen and oxygen atoms in total. The Balaban J connectivity index is 1.73. The van der Waals surface area contributed by atoms with E-state index in [1.54, 1.807) is 13.2 Å². The lowest BCUT2D eigenvalue weighted by molar-refractivity contribution is -0.111. The van der Waals surface area contributed by atoms with E-state index >= 15 is 0 Å². The summed E-state index contributed by atoms with van der Waals surface area (Å²) >= 11 is 1.37. The van der Waals surface area contributed by atoms with E-state index in [0.29, 0.717) is 5.00 Å². The number of rotatable bonds is 5. The van der Waals surface area contributed by atoms with Crippen molar-refractivity contribution in [2.75, 3.05) is 12.4 Å². The number of ether oxygens (including phenoxy) is 1. The van der Waals surface area contributed by atoms with E-state index in [9.17, 15) is 14.7 Å². The predicted molar refractivity (Wildman–Crippen MR) is 94.0 cm³/mol. The molecule has 1 amide bonds. The highest BCUT2D eigenvalue weighted by atomic mass is 32.1. The Kier molecular flexibility index (Phi) is 4.66. The van der Waals surface area contributed by atoms with Gasteiger partial charge < -0.3 is 15.2 Å². The first-order valence-electron chi connectivity index (χ1n) is 7.59. The molecule has 1 aliphatic rings. The summed E-state index contributed by atoms with van der Waals surface area (Å²) < 4.78 is 5.08. The summed E-state index contributed by atoms with van der Waals surface area (Å²) in [6.07, 6.45) is 5.71. The van der Waals surface area contributed by atoms with Crippen LogP contribution in [0.25, 0.3) is 6.08 Å². The zero-order valence-corrected chi connectivity index (χ0v) is 14.0. The highest BCUT2D eigenvalue weighted by molar-refractivity contribution is 7.17. The first kappa shape index (κ1) is 16.3. The molecule has 0 bridgehead atoms. The summed E-state index contributed by atoms with van der Waals surface area (Å²) in [4.78, 5) is 24.7. The number of aryl methyl sites for hydroxylation is 1. The number of aromatic carboxylic acids is 1. The summed E-state index contributed by atoms with van der Waals surface area (Å²) in [5.41, 5.74) is 1.98. The van der Waals surface area contributed by atoms with Gasteiger partial charge in [0.1, 0.15) is 10.8 Å². The predicted octanol–water partition coefficient (Wildman–Crippen LogP) is 3.60. The Morgan fingerprint density at radius 2 is 2.00 bits per heavy atom. The van der Waals surface area contributed by atoms with Gasteiger partial charge in [0.25, 0.3) is 0 Å². The number of carbonyl (C=O) groups is 2. The zero-order chi connectivity index (χ0) is 17.1. The van der Waals surface area contributed by atoms with Crippen LogP contribution in [0.3, 0.4) is 0 Å². The van der Waals surface area contributed by atoms with E-state index in [1.807, 2.05) is 24.3 Å². The maximum absolute atomic E-state index is 12.1. The van der Waals surface area contributed by atoms with Crippen molar-refractivity contribution < 1.29 is 19.4 Å². The number of methoxy groups -OCH3 is 1. The fourth-order valence-electron chi connectivity index (χ4n) is 2.76. The zero-order valence-electron chi connectivity index (χ0n) is 13.2. The van der Waals surface area contributed by atoms with Crippen LogP contribution in [0, 0.1) is 0 Å². The third kappa shape index (κ3) is 3.33. The number of hydrogen-bond acceptors (Lipinski definition) is 4. The van der Waals surface area contributed by atoms with Crippen molar-refractivity contribution in [2.24, 2.45) is 0 Å². The molecule has 0 atom stereocenters. The lowest BCUT2D eigenvalue weighted by Crippen LogP contribution is -2.10. The monoisotopic (exact) mass is 343 g/mol. The van der Waals surface area contributed by atoms with Gasteiger partial charge in [-0.1, -0.05) is 12.1 Å². The fraction of sp³-hybridized carbons (Fsp3) is 0.222. The molecule has 0 fully saturated rings. The largest absolute Gasteiger partial charge is 0.497 e. The minimum atomic E-state index is -0.983. The number of anilines is 1. The fourth-order valence-corrected chi connectivity index (χ4v) is 4.04. The van der Waals surface area contributed by atoms with Gasteiger partial charge in [-0.15, -0.1) is 11.3 Å². The van der Waals surface area contributed by atoms with E-state index in [4.69, 9.17) is 4.74 Å². The second-order valence-electron chi connectivity index (χ2n) is 5.46. The van der Waals surface area contributed by atoms with E-state index in [-0.39, 0.29) is 11.5 Å². The van der Waals surface area contributed by atoms with Crippen LogP contribution >= 0.6 is 11.3 Å². The van der Waals surface area contributed by atoms with Gasteiger partial charge in [-0.05, 0) is 48.6 Å². The first-order valence-corrected chi connectivity index (χ1v) is 8.41. The van der Waals surface area contributed by atoms with Crippen molar-refractivity contribution in [3.63, 3.8) is 0 Å². The number of hydrogen-bond donors (Lipinski definition) is 2. The number of amides is 1. The van der Waals surface area contributed by atoms with Gasteiger partial charge in [-0.25, -0.2) is 4.79 Å². The van der Waals surface area contributed by atoms with E-state index in [2.05, 4.69) is 5.32 Å². The minimum Gasteiger partial charge on any atom is -0.497 e. The molecule has 1 aromatic heterocycles. The Labute approximate surface area is 143 Å². The first-order chi connectivity index (χ1) is 11.6. The lowest BCUT2D eigenvalue weighted by Gasteiger charge is -2.03. The summed E-state index contributed by atoms with van der Waals surface area (Å²) in [5.74, 6) is -0.576. The third-order valence-electron chi connectivity index (χ3n) is 3.91. The van der Waals surface area contributed by atoms with Crippen LogP contribution < -0.4 is 10.1 Å².